The summed E-state index contributed by atoms with van der Waals surface area (Å²) in [7, 11) is 0. The van der Waals surface area contributed by atoms with E-state index in [1.54, 1.807) is 24.3 Å². The number of fused-ring (bicyclic) bond motifs is 2. The summed E-state index contributed by atoms with van der Waals surface area (Å²) in [6.45, 7) is 0.626. The summed E-state index contributed by atoms with van der Waals surface area (Å²) in [4.78, 5) is 38.8. The summed E-state index contributed by atoms with van der Waals surface area (Å²) < 4.78 is 19.9. The Bertz CT molecular complexity index is 1150. The van der Waals surface area contributed by atoms with Crippen molar-refractivity contribution in [3.63, 3.8) is 0 Å². The van der Waals surface area contributed by atoms with Crippen molar-refractivity contribution in [1.29, 1.82) is 0 Å². The number of amides is 1. The van der Waals surface area contributed by atoms with Gasteiger partial charge in [-0.1, -0.05) is 12.1 Å². The average Bonchev–Trinajstić information content (AvgIpc) is 2.68. The van der Waals surface area contributed by atoms with Crippen LogP contribution < -0.4 is 20.8 Å². The second-order valence-corrected chi connectivity index (χ2v) is 6.20. The lowest BCUT2D eigenvalue weighted by atomic mass is 10.2. The van der Waals surface area contributed by atoms with Crippen molar-refractivity contribution in [1.82, 2.24) is 9.78 Å². The molecule has 0 saturated carbocycles. The molecule has 8 heteroatoms. The number of hydrogen-bond acceptors (Lipinski definition) is 4. The minimum atomic E-state index is -0.441. The molecule has 1 amide bonds. The molecule has 0 aliphatic carbocycles. The first-order valence-electron chi connectivity index (χ1n) is 8.49. The minimum Gasteiger partial charge on any atom is -0.489 e. The molecular weight excluding hydrogens is 353 g/mol. The molecule has 0 saturated heterocycles. The maximum atomic E-state index is 13.3. The highest BCUT2D eigenvalue weighted by atomic mass is 19.1. The molecule has 1 aromatic heterocycles. The van der Waals surface area contributed by atoms with Gasteiger partial charge in [0.2, 0.25) is 5.91 Å². The van der Waals surface area contributed by atoms with E-state index in [0.717, 1.165) is 4.68 Å². The second-order valence-electron chi connectivity index (χ2n) is 6.20. The van der Waals surface area contributed by atoms with Gasteiger partial charge in [-0.25, -0.2) is 9.07 Å². The molecule has 138 valence electrons. The van der Waals surface area contributed by atoms with Crippen LogP contribution in [0.25, 0.3) is 10.8 Å². The van der Waals surface area contributed by atoms with Gasteiger partial charge in [-0.05, 0) is 24.3 Å². The number of carbonyl (C=O) groups excluding carboxylic acids is 1. The Morgan fingerprint density at radius 3 is 2.74 bits per heavy atom. The number of halogens is 1. The summed E-state index contributed by atoms with van der Waals surface area (Å²) in [5.74, 6) is -0.374. The Morgan fingerprint density at radius 2 is 1.93 bits per heavy atom. The van der Waals surface area contributed by atoms with Gasteiger partial charge in [0.05, 0.1) is 29.5 Å². The van der Waals surface area contributed by atoms with Gasteiger partial charge >= 0.3 is 0 Å². The number of hydrogen-bond donors (Lipinski definition) is 1. The van der Waals surface area contributed by atoms with Crippen LogP contribution in [0.1, 0.15) is 6.42 Å². The number of aromatic amines is 1. The van der Waals surface area contributed by atoms with E-state index < -0.39 is 5.82 Å². The Morgan fingerprint density at radius 1 is 1.15 bits per heavy atom. The SMILES string of the molecule is O=C(CCn1[nH]c(=O)c2ccccc2c1=O)N1CCOc2cc(F)ccc21. The first kappa shape index (κ1) is 17.0. The third kappa shape index (κ3) is 3.10. The summed E-state index contributed by atoms with van der Waals surface area (Å²) in [5.41, 5.74) is -0.251. The Balaban J connectivity index is 1.58. The van der Waals surface area contributed by atoms with Crippen LogP contribution in [0, 0.1) is 5.82 Å². The molecule has 7 nitrogen and oxygen atoms in total. The molecule has 1 aliphatic rings. The standard InChI is InChI=1S/C19H16FN3O4/c20-12-5-6-15-16(11-12)27-10-9-22(15)17(24)7-8-23-19(26)14-4-2-1-3-13(14)18(25)21-23/h1-6,11H,7-10H2,(H,21,25). The summed E-state index contributed by atoms with van der Waals surface area (Å²) in [5, 5.41) is 3.13. The van der Waals surface area contributed by atoms with Gasteiger partial charge in [-0.15, -0.1) is 0 Å². The van der Waals surface area contributed by atoms with Gasteiger partial charge in [0.1, 0.15) is 18.2 Å². The zero-order chi connectivity index (χ0) is 19.0. The molecule has 4 rings (SSSR count). The predicted octanol–water partition coefficient (Wildman–Crippen LogP) is 1.64. The van der Waals surface area contributed by atoms with Gasteiger partial charge in [-0.3, -0.25) is 19.5 Å². The fourth-order valence-electron chi connectivity index (χ4n) is 3.20. The van der Waals surface area contributed by atoms with Crippen molar-refractivity contribution in [2.45, 2.75) is 13.0 Å². The van der Waals surface area contributed by atoms with E-state index in [0.29, 0.717) is 28.8 Å². The number of rotatable bonds is 3. The predicted molar refractivity (Wildman–Crippen MR) is 97.7 cm³/mol. The number of aryl methyl sites for hydroxylation is 1. The monoisotopic (exact) mass is 369 g/mol. The zero-order valence-corrected chi connectivity index (χ0v) is 14.3. The van der Waals surface area contributed by atoms with Gasteiger partial charge in [0.25, 0.3) is 11.1 Å². The van der Waals surface area contributed by atoms with Crippen LogP contribution in [0.2, 0.25) is 0 Å². The molecule has 2 heterocycles. The van der Waals surface area contributed by atoms with Crippen LogP contribution in [0.4, 0.5) is 10.1 Å². The van der Waals surface area contributed by atoms with E-state index >= 15 is 0 Å². The van der Waals surface area contributed by atoms with Crippen LogP contribution >= 0.6 is 0 Å². The molecular formula is C19H16FN3O4. The van der Waals surface area contributed by atoms with E-state index in [1.807, 2.05) is 0 Å². The van der Waals surface area contributed by atoms with Gasteiger partial charge < -0.3 is 9.64 Å². The first-order valence-corrected chi connectivity index (χ1v) is 8.49. The quantitative estimate of drug-likeness (QED) is 0.761. The van der Waals surface area contributed by atoms with E-state index in [9.17, 15) is 18.8 Å². The summed E-state index contributed by atoms with van der Waals surface area (Å²) >= 11 is 0. The average molecular weight is 369 g/mol. The van der Waals surface area contributed by atoms with Crippen LogP contribution in [0.5, 0.6) is 5.75 Å². The maximum absolute atomic E-state index is 13.3. The molecule has 0 atom stereocenters. The highest BCUT2D eigenvalue weighted by Gasteiger charge is 2.24. The number of carbonyl (C=O) groups is 1. The topological polar surface area (TPSA) is 84.4 Å². The van der Waals surface area contributed by atoms with Crippen LogP contribution in [0.15, 0.2) is 52.1 Å². The van der Waals surface area contributed by atoms with Crippen molar-refractivity contribution >= 4 is 22.4 Å². The molecule has 0 bridgehead atoms. The van der Waals surface area contributed by atoms with E-state index in [2.05, 4.69) is 5.10 Å². The van der Waals surface area contributed by atoms with E-state index in [4.69, 9.17) is 4.74 Å². The van der Waals surface area contributed by atoms with Crippen molar-refractivity contribution in [2.75, 3.05) is 18.1 Å². The molecule has 3 aromatic rings. The number of nitrogens with zero attached hydrogens (tertiary/aromatic N) is 2. The van der Waals surface area contributed by atoms with Crippen LogP contribution in [-0.2, 0) is 11.3 Å². The van der Waals surface area contributed by atoms with Gasteiger partial charge in [0, 0.05) is 12.5 Å². The van der Waals surface area contributed by atoms with Crippen LogP contribution in [-0.4, -0.2) is 28.8 Å². The highest BCUT2D eigenvalue weighted by molar-refractivity contribution is 5.95. The fourth-order valence-corrected chi connectivity index (χ4v) is 3.20. The lowest BCUT2D eigenvalue weighted by Crippen LogP contribution is -2.39. The summed E-state index contributed by atoms with van der Waals surface area (Å²) in [6, 6.07) is 10.5. The van der Waals surface area contributed by atoms with E-state index in [1.165, 1.54) is 23.1 Å². The zero-order valence-electron chi connectivity index (χ0n) is 14.3. The van der Waals surface area contributed by atoms with Crippen molar-refractivity contribution < 1.29 is 13.9 Å². The second kappa shape index (κ2) is 6.71. The number of nitrogens with one attached hydrogen (secondary N) is 1. The summed E-state index contributed by atoms with van der Waals surface area (Å²) in [6.07, 6.45) is 0.00496. The smallest absolute Gasteiger partial charge is 0.273 e. The molecule has 0 unspecified atom stereocenters. The lowest BCUT2D eigenvalue weighted by Gasteiger charge is -2.29. The minimum absolute atomic E-state index is 0.00496. The number of aromatic nitrogens is 2. The number of H-pyrrole nitrogens is 1. The normalized spacial score (nSPS) is 13.3. The largest absolute Gasteiger partial charge is 0.489 e. The van der Waals surface area contributed by atoms with E-state index in [-0.39, 0.29) is 36.6 Å². The fraction of sp³-hybridized carbons (Fsp3) is 0.211. The van der Waals surface area contributed by atoms with Crippen LogP contribution in [0.3, 0.4) is 0 Å². The Labute approximate surface area is 152 Å². The van der Waals surface area contributed by atoms with Gasteiger partial charge in [0.15, 0.2) is 0 Å². The molecule has 27 heavy (non-hydrogen) atoms. The molecule has 2 aromatic carbocycles. The van der Waals surface area contributed by atoms with Crippen molar-refractivity contribution in [2.24, 2.45) is 0 Å². The Hall–Kier alpha value is -3.42. The molecule has 0 spiro atoms. The van der Waals surface area contributed by atoms with Crippen molar-refractivity contribution in [3.8, 4) is 5.75 Å². The Kier molecular flexibility index (Phi) is 4.23. The highest BCUT2D eigenvalue weighted by Crippen LogP contribution is 2.32. The maximum Gasteiger partial charge on any atom is 0.273 e. The third-order valence-electron chi connectivity index (χ3n) is 4.52. The molecule has 1 aliphatic heterocycles. The molecule has 1 N–H and O–H groups in total. The molecule has 0 radical (unpaired) electrons. The number of anilines is 1. The van der Waals surface area contributed by atoms with Crippen molar-refractivity contribution in [3.05, 3.63) is 69.0 Å². The number of ether oxygens (including phenoxy) is 1. The number of benzene rings is 2. The molecule has 0 fully saturated rings. The third-order valence-corrected chi connectivity index (χ3v) is 4.52. The van der Waals surface area contributed by atoms with Gasteiger partial charge in [-0.2, -0.15) is 0 Å². The lowest BCUT2D eigenvalue weighted by molar-refractivity contribution is -0.119. The first-order chi connectivity index (χ1) is 13.0.